The van der Waals surface area contributed by atoms with E-state index < -0.39 is 0 Å². The zero-order valence-corrected chi connectivity index (χ0v) is 15.7. The van der Waals surface area contributed by atoms with Crippen LogP contribution in [0.4, 0.5) is 0 Å². The van der Waals surface area contributed by atoms with Crippen LogP contribution >= 0.6 is 0 Å². The number of para-hydroxylation sites is 2. The number of benzene rings is 3. The lowest BCUT2D eigenvalue weighted by molar-refractivity contribution is 0.701. The summed E-state index contributed by atoms with van der Waals surface area (Å²) in [5.41, 5.74) is 6.22. The molecule has 3 nitrogen and oxygen atoms in total. The maximum Gasteiger partial charge on any atom is 0.329 e. The summed E-state index contributed by atoms with van der Waals surface area (Å²) in [5, 5.41) is 0. The van der Waals surface area contributed by atoms with E-state index in [1.54, 1.807) is 0 Å². The molecule has 4 aromatic rings. The molecule has 3 heteroatoms. The molecule has 0 N–H and O–H groups in total. The first-order chi connectivity index (χ1) is 13.7. The zero-order valence-electron chi connectivity index (χ0n) is 15.7. The van der Waals surface area contributed by atoms with Gasteiger partial charge in [-0.25, -0.2) is 4.79 Å². The molecule has 4 rings (SSSR count). The molecule has 0 bridgehead atoms. The molecule has 0 spiro atoms. The number of hydrogen-bond acceptors (Lipinski definition) is 1. The predicted molar refractivity (Wildman–Crippen MR) is 117 cm³/mol. The first-order valence-electron chi connectivity index (χ1n) is 9.30. The molecule has 0 radical (unpaired) electrons. The Labute approximate surface area is 164 Å². The van der Waals surface area contributed by atoms with Gasteiger partial charge in [0.1, 0.15) is 0 Å². The quantitative estimate of drug-likeness (QED) is 0.461. The van der Waals surface area contributed by atoms with Crippen molar-refractivity contribution in [1.29, 1.82) is 0 Å². The third-order valence-corrected chi connectivity index (χ3v) is 5.04. The number of nitrogens with zero attached hydrogens (tertiary/aromatic N) is 2. The van der Waals surface area contributed by atoms with Gasteiger partial charge in [0.15, 0.2) is 0 Å². The van der Waals surface area contributed by atoms with Crippen molar-refractivity contribution in [1.82, 2.24) is 9.13 Å². The van der Waals surface area contributed by atoms with Crippen LogP contribution in [0, 0.1) is 0 Å². The van der Waals surface area contributed by atoms with Crippen molar-refractivity contribution in [2.75, 3.05) is 0 Å². The van der Waals surface area contributed by atoms with Gasteiger partial charge in [0.25, 0.3) is 0 Å². The Bertz CT molecular complexity index is 1100. The molecular weight excluding hydrogens is 344 g/mol. The first-order valence-corrected chi connectivity index (χ1v) is 9.30. The van der Waals surface area contributed by atoms with Gasteiger partial charge in [0, 0.05) is 0 Å². The van der Waals surface area contributed by atoms with Gasteiger partial charge in [-0.1, -0.05) is 86.0 Å². The summed E-state index contributed by atoms with van der Waals surface area (Å²) in [7, 11) is 0. The standard InChI is InChI=1S/C25H22N2O/c1-3-19-9-13-21(14-10-19)17-26-23-7-5-6-8-24(23)27(25(26)28)18-22-15-11-20(4-2)12-16-22/h3-16H,1-2,17-18H2. The van der Waals surface area contributed by atoms with Crippen LogP contribution in [0.1, 0.15) is 22.3 Å². The van der Waals surface area contributed by atoms with Crippen molar-refractivity contribution in [2.24, 2.45) is 0 Å². The minimum atomic E-state index is 0.00166. The molecule has 0 aliphatic rings. The summed E-state index contributed by atoms with van der Waals surface area (Å²) in [5.74, 6) is 0. The number of fused-ring (bicyclic) bond motifs is 1. The number of imidazole rings is 1. The van der Waals surface area contributed by atoms with E-state index in [0.717, 1.165) is 33.3 Å². The minimum Gasteiger partial charge on any atom is -0.287 e. The number of rotatable bonds is 6. The van der Waals surface area contributed by atoms with E-state index in [-0.39, 0.29) is 5.69 Å². The van der Waals surface area contributed by atoms with Crippen LogP contribution in [-0.4, -0.2) is 9.13 Å². The lowest BCUT2D eigenvalue weighted by Gasteiger charge is -2.05. The molecule has 28 heavy (non-hydrogen) atoms. The Morgan fingerprint density at radius 3 is 1.39 bits per heavy atom. The van der Waals surface area contributed by atoms with Crippen molar-refractivity contribution in [2.45, 2.75) is 13.1 Å². The van der Waals surface area contributed by atoms with Gasteiger partial charge in [-0.2, -0.15) is 0 Å². The Hall–Kier alpha value is -3.59. The summed E-state index contributed by atoms with van der Waals surface area (Å²) < 4.78 is 3.69. The highest BCUT2D eigenvalue weighted by atomic mass is 16.1. The Kier molecular flexibility index (Phi) is 4.81. The fraction of sp³-hybridized carbons (Fsp3) is 0.0800. The zero-order chi connectivity index (χ0) is 19.5. The second-order valence-corrected chi connectivity index (χ2v) is 6.83. The molecule has 138 valence electrons. The van der Waals surface area contributed by atoms with Crippen molar-refractivity contribution < 1.29 is 0 Å². The molecular formula is C25H22N2O. The maximum atomic E-state index is 13.2. The summed E-state index contributed by atoms with van der Waals surface area (Å²) in [4.78, 5) is 13.2. The highest BCUT2D eigenvalue weighted by molar-refractivity contribution is 5.76. The van der Waals surface area contributed by atoms with E-state index in [0.29, 0.717) is 13.1 Å². The van der Waals surface area contributed by atoms with E-state index in [9.17, 15) is 4.79 Å². The number of aromatic nitrogens is 2. The second-order valence-electron chi connectivity index (χ2n) is 6.83. The third-order valence-electron chi connectivity index (χ3n) is 5.04. The van der Waals surface area contributed by atoms with Crippen molar-refractivity contribution in [3.63, 3.8) is 0 Å². The van der Waals surface area contributed by atoms with Gasteiger partial charge in [0.2, 0.25) is 0 Å². The first kappa shape index (κ1) is 17.8. The molecule has 0 atom stereocenters. The van der Waals surface area contributed by atoms with Crippen LogP contribution in [0.2, 0.25) is 0 Å². The minimum absolute atomic E-state index is 0.00166. The van der Waals surface area contributed by atoms with E-state index in [1.165, 1.54) is 0 Å². The maximum absolute atomic E-state index is 13.2. The average Bonchev–Trinajstić information content (AvgIpc) is 3.01. The largest absolute Gasteiger partial charge is 0.329 e. The van der Waals surface area contributed by atoms with Gasteiger partial charge < -0.3 is 0 Å². The van der Waals surface area contributed by atoms with Crippen LogP contribution in [0.15, 0.2) is 90.7 Å². The van der Waals surface area contributed by atoms with Crippen LogP contribution in [0.5, 0.6) is 0 Å². The smallest absolute Gasteiger partial charge is 0.287 e. The molecule has 1 aromatic heterocycles. The second kappa shape index (κ2) is 7.57. The van der Waals surface area contributed by atoms with Gasteiger partial charge >= 0.3 is 5.69 Å². The van der Waals surface area contributed by atoms with E-state index in [2.05, 4.69) is 13.2 Å². The lowest BCUT2D eigenvalue weighted by atomic mass is 10.1. The summed E-state index contributed by atoms with van der Waals surface area (Å²) in [6.07, 6.45) is 3.64. The molecule has 0 aliphatic heterocycles. The van der Waals surface area contributed by atoms with Crippen molar-refractivity contribution >= 4 is 23.2 Å². The molecule has 3 aromatic carbocycles. The Morgan fingerprint density at radius 1 is 0.643 bits per heavy atom. The van der Waals surface area contributed by atoms with E-state index in [4.69, 9.17) is 0 Å². The lowest BCUT2D eigenvalue weighted by Crippen LogP contribution is -2.25. The topological polar surface area (TPSA) is 26.9 Å². The molecule has 0 saturated carbocycles. The third kappa shape index (κ3) is 3.35. The van der Waals surface area contributed by atoms with Crippen LogP contribution < -0.4 is 5.69 Å². The highest BCUT2D eigenvalue weighted by Crippen LogP contribution is 2.17. The molecule has 1 heterocycles. The van der Waals surface area contributed by atoms with E-state index in [1.807, 2.05) is 94.1 Å². The van der Waals surface area contributed by atoms with Gasteiger partial charge in [-0.05, 0) is 34.4 Å². The van der Waals surface area contributed by atoms with E-state index >= 15 is 0 Å². The molecule has 0 aliphatic carbocycles. The SMILES string of the molecule is C=Cc1ccc(Cn2c(=O)n(Cc3ccc(C=C)cc3)c3ccccc32)cc1. The normalized spacial score (nSPS) is 10.9. The van der Waals surface area contributed by atoms with Gasteiger partial charge in [-0.3, -0.25) is 9.13 Å². The number of hydrogen-bond donors (Lipinski definition) is 0. The molecule has 0 saturated heterocycles. The van der Waals surface area contributed by atoms with Crippen LogP contribution in [0.3, 0.4) is 0 Å². The van der Waals surface area contributed by atoms with Crippen LogP contribution in [0.25, 0.3) is 23.2 Å². The Balaban J connectivity index is 1.74. The van der Waals surface area contributed by atoms with Crippen molar-refractivity contribution in [3.8, 4) is 0 Å². The van der Waals surface area contributed by atoms with Gasteiger partial charge in [0.05, 0.1) is 24.1 Å². The average molecular weight is 366 g/mol. The summed E-state index contributed by atoms with van der Waals surface area (Å²) in [6, 6.07) is 24.2. The fourth-order valence-electron chi connectivity index (χ4n) is 3.46. The van der Waals surface area contributed by atoms with Crippen molar-refractivity contribution in [3.05, 3.63) is 119 Å². The predicted octanol–water partition coefficient (Wildman–Crippen LogP) is 5.19. The summed E-state index contributed by atoms with van der Waals surface area (Å²) in [6.45, 7) is 8.66. The molecule has 0 amide bonds. The molecule has 0 fully saturated rings. The highest BCUT2D eigenvalue weighted by Gasteiger charge is 2.13. The summed E-state index contributed by atoms with van der Waals surface area (Å²) >= 11 is 0. The molecule has 0 unspecified atom stereocenters. The Morgan fingerprint density at radius 2 is 1.04 bits per heavy atom. The monoisotopic (exact) mass is 366 g/mol. The fourth-order valence-corrected chi connectivity index (χ4v) is 3.46. The van der Waals surface area contributed by atoms with Gasteiger partial charge in [-0.15, -0.1) is 0 Å². The van der Waals surface area contributed by atoms with Crippen LogP contribution in [-0.2, 0) is 13.1 Å².